The Morgan fingerprint density at radius 2 is 2.15 bits per heavy atom. The van der Waals surface area contributed by atoms with Gasteiger partial charge in [0.1, 0.15) is 6.04 Å². The van der Waals surface area contributed by atoms with Gasteiger partial charge >= 0.3 is 5.97 Å². The Bertz CT molecular complexity index is 176. The number of hydrogen-bond acceptors (Lipinski definition) is 3. The molecule has 13 heavy (non-hydrogen) atoms. The molecule has 0 saturated heterocycles. The van der Waals surface area contributed by atoms with Crippen LogP contribution >= 0.6 is 0 Å². The molecule has 0 aromatic carbocycles. The van der Waals surface area contributed by atoms with Crippen molar-refractivity contribution in [2.24, 2.45) is 11.5 Å². The predicted molar refractivity (Wildman–Crippen MR) is 50.5 cm³/mol. The third-order valence-corrected chi connectivity index (χ3v) is 1.32. The number of hydrogen-bond donors (Lipinski definition) is 5. The fourth-order valence-corrected chi connectivity index (χ4v) is 0.669. The molecule has 1 atom stereocenters. The van der Waals surface area contributed by atoms with Crippen molar-refractivity contribution in [2.45, 2.75) is 18.9 Å². The quantitative estimate of drug-likeness (QED) is 0.155. The normalized spacial score (nSPS) is 11.2. The van der Waals surface area contributed by atoms with Crippen molar-refractivity contribution in [2.75, 3.05) is 6.54 Å². The summed E-state index contributed by atoms with van der Waals surface area (Å²) in [7, 11) is 0. The summed E-state index contributed by atoms with van der Waals surface area (Å²) in [6, 6.07) is -0.821. The van der Waals surface area contributed by atoms with E-state index >= 15 is 0 Å². The first-order valence-corrected chi connectivity index (χ1v) is 3.60. The maximum Gasteiger partial charge on any atom is 0.320 e. The molecule has 0 aliphatic heterocycles. The first kappa shape index (κ1) is 15.2. The van der Waals surface area contributed by atoms with Crippen LogP contribution in [0.15, 0.2) is 0 Å². The summed E-state index contributed by atoms with van der Waals surface area (Å²) in [6.45, 7) is 0.482. The van der Waals surface area contributed by atoms with E-state index in [4.69, 9.17) is 22.0 Å². The molecule has 0 heterocycles. The minimum absolute atomic E-state index is 0. The van der Waals surface area contributed by atoms with E-state index in [-0.39, 0.29) is 35.5 Å². The summed E-state index contributed by atoms with van der Waals surface area (Å²) >= 11 is 0. The van der Waals surface area contributed by atoms with Gasteiger partial charge < -0.3 is 21.9 Å². The van der Waals surface area contributed by atoms with E-state index in [2.05, 4.69) is 5.32 Å². The average Bonchev–Trinajstić information content (AvgIpc) is 1.97. The van der Waals surface area contributed by atoms with Crippen LogP contribution in [-0.4, -0.2) is 59.2 Å². The van der Waals surface area contributed by atoms with E-state index in [1.54, 1.807) is 0 Å². The predicted octanol–water partition coefficient (Wildman–Crippen LogP) is -1.72. The van der Waals surface area contributed by atoms with E-state index in [1.807, 2.05) is 0 Å². The zero-order chi connectivity index (χ0) is 9.56. The minimum atomic E-state index is -1.00. The van der Waals surface area contributed by atoms with Crippen molar-refractivity contribution in [1.29, 1.82) is 5.41 Å². The van der Waals surface area contributed by atoms with E-state index < -0.39 is 12.0 Å². The fraction of sp³-hybridized carbons (Fsp3) is 0.667. The average molecular weight is 197 g/mol. The number of nitrogens with one attached hydrogen (secondary N) is 2. The standard InChI is InChI=1S/C6H14N4O2.Na/c7-4(5(11)12)2-1-3-10-6(8)9;/h4H,1-3,7H2,(H,11,12)(H4,8,9,10);/t4-;/m0./s1. The Morgan fingerprint density at radius 1 is 1.62 bits per heavy atom. The molecule has 6 nitrogen and oxygen atoms in total. The van der Waals surface area contributed by atoms with E-state index in [0.717, 1.165) is 0 Å². The summed E-state index contributed by atoms with van der Waals surface area (Å²) < 4.78 is 0. The molecule has 0 fully saturated rings. The van der Waals surface area contributed by atoms with Gasteiger partial charge in [-0.2, -0.15) is 0 Å². The summed E-state index contributed by atoms with van der Waals surface area (Å²) in [5, 5.41) is 17.7. The van der Waals surface area contributed by atoms with Crippen molar-refractivity contribution < 1.29 is 9.90 Å². The van der Waals surface area contributed by atoms with Gasteiger partial charge in [-0.25, -0.2) is 0 Å². The number of rotatable bonds is 5. The van der Waals surface area contributed by atoms with Gasteiger partial charge in [-0.05, 0) is 12.8 Å². The van der Waals surface area contributed by atoms with E-state index in [9.17, 15) is 4.79 Å². The molecule has 0 rings (SSSR count). The molecule has 0 aromatic rings. The Morgan fingerprint density at radius 3 is 2.54 bits per heavy atom. The van der Waals surface area contributed by atoms with Crippen molar-refractivity contribution in [1.82, 2.24) is 5.32 Å². The second-order valence-electron chi connectivity index (χ2n) is 2.43. The van der Waals surface area contributed by atoms with Crippen LogP contribution in [0.25, 0.3) is 0 Å². The van der Waals surface area contributed by atoms with Crippen molar-refractivity contribution in [3.8, 4) is 0 Å². The van der Waals surface area contributed by atoms with Crippen LogP contribution in [0.5, 0.6) is 0 Å². The zero-order valence-corrected chi connectivity index (χ0v) is 9.71. The van der Waals surface area contributed by atoms with Crippen LogP contribution in [0.3, 0.4) is 0 Å². The Kier molecular flexibility index (Phi) is 9.70. The molecule has 0 bridgehead atoms. The number of carboxylic acid groups (broad SMARTS) is 1. The molecule has 0 aliphatic carbocycles. The number of aliphatic carboxylic acids is 1. The summed E-state index contributed by atoms with van der Waals surface area (Å²) in [6.07, 6.45) is 0.975. The maximum atomic E-state index is 10.2. The van der Waals surface area contributed by atoms with Gasteiger partial charge in [-0.1, -0.05) is 0 Å². The maximum absolute atomic E-state index is 10.2. The molecule has 7 heteroatoms. The van der Waals surface area contributed by atoms with Crippen molar-refractivity contribution in [3.05, 3.63) is 0 Å². The molecule has 7 N–H and O–H groups in total. The third-order valence-electron chi connectivity index (χ3n) is 1.32. The molecular formula is C6H14N4NaO2. The molecule has 1 radical (unpaired) electrons. The van der Waals surface area contributed by atoms with Gasteiger partial charge in [0.05, 0.1) is 0 Å². The van der Waals surface area contributed by atoms with Gasteiger partial charge in [-0.3, -0.25) is 10.2 Å². The Labute approximate surface area is 98.8 Å². The topological polar surface area (TPSA) is 125 Å². The SMILES string of the molecule is N=C(N)NCCC[C@H](N)C(=O)O.[Na]. The van der Waals surface area contributed by atoms with Crippen molar-refractivity contribution in [3.63, 3.8) is 0 Å². The van der Waals surface area contributed by atoms with E-state index in [0.29, 0.717) is 19.4 Å². The molecule has 0 aromatic heterocycles. The van der Waals surface area contributed by atoms with Gasteiger partial charge in [0.25, 0.3) is 0 Å². The number of carbonyl (C=O) groups is 1. The number of carboxylic acids is 1. The molecule has 0 spiro atoms. The largest absolute Gasteiger partial charge is 0.480 e. The van der Waals surface area contributed by atoms with Crippen LogP contribution in [-0.2, 0) is 4.79 Å². The van der Waals surface area contributed by atoms with Crippen LogP contribution < -0.4 is 16.8 Å². The number of guanidine groups is 1. The smallest absolute Gasteiger partial charge is 0.320 e. The first-order valence-electron chi connectivity index (χ1n) is 3.60. The Hall–Kier alpha value is -0.300. The first-order chi connectivity index (χ1) is 5.54. The zero-order valence-electron chi connectivity index (χ0n) is 7.71. The van der Waals surface area contributed by atoms with Crippen molar-refractivity contribution >= 4 is 41.5 Å². The molecular weight excluding hydrogens is 183 g/mol. The molecule has 0 saturated carbocycles. The minimum Gasteiger partial charge on any atom is -0.480 e. The van der Waals surface area contributed by atoms with Gasteiger partial charge in [-0.15, -0.1) is 0 Å². The van der Waals surface area contributed by atoms with Gasteiger partial charge in [0.2, 0.25) is 0 Å². The second-order valence-corrected chi connectivity index (χ2v) is 2.43. The van der Waals surface area contributed by atoms with Crippen LogP contribution in [0.4, 0.5) is 0 Å². The second kappa shape index (κ2) is 8.31. The third kappa shape index (κ3) is 9.62. The monoisotopic (exact) mass is 197 g/mol. The van der Waals surface area contributed by atoms with Crippen LogP contribution in [0.2, 0.25) is 0 Å². The summed E-state index contributed by atoms with van der Waals surface area (Å²) in [5.74, 6) is -1.11. The summed E-state index contributed by atoms with van der Waals surface area (Å²) in [5.41, 5.74) is 10.2. The number of nitrogens with two attached hydrogens (primary N) is 2. The molecule has 0 amide bonds. The van der Waals surface area contributed by atoms with Crippen LogP contribution in [0, 0.1) is 5.41 Å². The van der Waals surface area contributed by atoms with Gasteiger partial charge in [0.15, 0.2) is 5.96 Å². The van der Waals surface area contributed by atoms with E-state index in [1.165, 1.54) is 0 Å². The molecule has 0 aliphatic rings. The fourth-order valence-electron chi connectivity index (χ4n) is 0.669. The summed E-state index contributed by atoms with van der Waals surface area (Å²) in [4.78, 5) is 10.2. The molecule has 0 unspecified atom stereocenters. The van der Waals surface area contributed by atoms with Crippen LogP contribution in [0.1, 0.15) is 12.8 Å². The van der Waals surface area contributed by atoms with Gasteiger partial charge in [0, 0.05) is 36.1 Å². The molecule has 71 valence electrons. The Balaban J connectivity index is 0.